The smallest absolute Gasteiger partial charge is 0.274 e. The van der Waals surface area contributed by atoms with E-state index in [-0.39, 0.29) is 17.3 Å². The number of rotatable bonds is 6. The maximum Gasteiger partial charge on any atom is 0.274 e. The third-order valence-corrected chi connectivity index (χ3v) is 4.19. The first kappa shape index (κ1) is 18.9. The molecular weight excluding hydrogens is 351 g/mol. The minimum atomic E-state index is -0.580. The standard InChI is InChI=1S/C19H21FN4O3/c20-15-3-1-2-4-16(15)23-19(26)17-13-14(5-6-21-17)18(25)22-7-8-24-9-11-27-12-10-24/h1-6,13H,7-12H2,(H,22,25)(H,23,26). The number of ether oxygens (including phenoxy) is 1. The van der Waals surface area contributed by atoms with Crippen molar-refractivity contribution in [2.75, 3.05) is 44.7 Å². The molecule has 0 radical (unpaired) electrons. The summed E-state index contributed by atoms with van der Waals surface area (Å²) in [7, 11) is 0. The summed E-state index contributed by atoms with van der Waals surface area (Å²) in [5, 5.41) is 5.28. The van der Waals surface area contributed by atoms with Gasteiger partial charge in [-0.2, -0.15) is 0 Å². The summed E-state index contributed by atoms with van der Waals surface area (Å²) in [4.78, 5) is 30.7. The lowest BCUT2D eigenvalue weighted by atomic mass is 10.2. The first-order valence-electron chi connectivity index (χ1n) is 8.74. The maximum atomic E-state index is 13.7. The molecule has 0 bridgehead atoms. The number of hydrogen-bond donors (Lipinski definition) is 2. The van der Waals surface area contributed by atoms with E-state index in [9.17, 15) is 14.0 Å². The van der Waals surface area contributed by atoms with Gasteiger partial charge in [0, 0.05) is 37.9 Å². The van der Waals surface area contributed by atoms with Crippen molar-refractivity contribution in [3.05, 3.63) is 59.7 Å². The van der Waals surface area contributed by atoms with E-state index in [0.29, 0.717) is 25.3 Å². The number of morpholine rings is 1. The number of halogens is 1. The number of nitrogens with one attached hydrogen (secondary N) is 2. The Morgan fingerprint density at radius 3 is 2.70 bits per heavy atom. The molecule has 1 aromatic carbocycles. The second kappa shape index (κ2) is 9.20. The molecular formula is C19H21FN4O3. The van der Waals surface area contributed by atoms with Gasteiger partial charge in [0.2, 0.25) is 0 Å². The summed E-state index contributed by atoms with van der Waals surface area (Å²) >= 11 is 0. The number of para-hydroxylation sites is 1. The Morgan fingerprint density at radius 1 is 1.15 bits per heavy atom. The minimum Gasteiger partial charge on any atom is -0.379 e. The Balaban J connectivity index is 1.56. The third-order valence-electron chi connectivity index (χ3n) is 4.19. The van der Waals surface area contributed by atoms with Gasteiger partial charge in [0.25, 0.3) is 11.8 Å². The summed E-state index contributed by atoms with van der Waals surface area (Å²) in [5.41, 5.74) is 0.425. The zero-order valence-electron chi connectivity index (χ0n) is 14.8. The molecule has 0 aliphatic carbocycles. The zero-order valence-corrected chi connectivity index (χ0v) is 14.8. The van der Waals surface area contributed by atoms with Gasteiger partial charge in [-0.3, -0.25) is 19.5 Å². The minimum absolute atomic E-state index is 0.0408. The zero-order chi connectivity index (χ0) is 19.1. The highest BCUT2D eigenvalue weighted by Gasteiger charge is 2.14. The molecule has 2 amide bonds. The van der Waals surface area contributed by atoms with Crippen LogP contribution in [0, 0.1) is 5.82 Å². The molecule has 2 aromatic rings. The Bertz CT molecular complexity index is 809. The van der Waals surface area contributed by atoms with Gasteiger partial charge in [-0.15, -0.1) is 0 Å². The Labute approximate surface area is 156 Å². The van der Waals surface area contributed by atoms with Crippen LogP contribution in [0.5, 0.6) is 0 Å². The Kier molecular flexibility index (Phi) is 6.45. The normalized spacial score (nSPS) is 14.6. The highest BCUT2D eigenvalue weighted by molar-refractivity contribution is 6.04. The first-order valence-corrected chi connectivity index (χ1v) is 8.74. The van der Waals surface area contributed by atoms with Crippen molar-refractivity contribution in [1.82, 2.24) is 15.2 Å². The van der Waals surface area contributed by atoms with E-state index in [1.165, 1.54) is 36.5 Å². The third kappa shape index (κ3) is 5.32. The van der Waals surface area contributed by atoms with Crippen molar-refractivity contribution >= 4 is 17.5 Å². The van der Waals surface area contributed by atoms with E-state index < -0.39 is 11.7 Å². The van der Waals surface area contributed by atoms with Gasteiger partial charge in [0.1, 0.15) is 11.5 Å². The second-order valence-electron chi connectivity index (χ2n) is 6.07. The number of benzene rings is 1. The molecule has 3 rings (SSSR count). The number of nitrogens with zero attached hydrogens (tertiary/aromatic N) is 2. The van der Waals surface area contributed by atoms with E-state index in [0.717, 1.165) is 19.6 Å². The van der Waals surface area contributed by atoms with Crippen LogP contribution in [0.15, 0.2) is 42.6 Å². The molecule has 27 heavy (non-hydrogen) atoms. The number of carbonyl (C=O) groups is 2. The average Bonchev–Trinajstić information content (AvgIpc) is 2.70. The van der Waals surface area contributed by atoms with Crippen molar-refractivity contribution in [3.63, 3.8) is 0 Å². The van der Waals surface area contributed by atoms with Gasteiger partial charge in [-0.1, -0.05) is 12.1 Å². The molecule has 1 saturated heterocycles. The van der Waals surface area contributed by atoms with Gasteiger partial charge in [0.05, 0.1) is 18.9 Å². The Morgan fingerprint density at radius 2 is 1.93 bits per heavy atom. The van der Waals surface area contributed by atoms with Gasteiger partial charge in [-0.05, 0) is 24.3 Å². The summed E-state index contributed by atoms with van der Waals surface area (Å²) in [6.45, 7) is 4.35. The lowest BCUT2D eigenvalue weighted by Gasteiger charge is -2.26. The molecule has 2 N–H and O–H groups in total. The number of anilines is 1. The molecule has 2 heterocycles. The van der Waals surface area contributed by atoms with Crippen LogP contribution in [0.25, 0.3) is 0 Å². The molecule has 142 valence electrons. The van der Waals surface area contributed by atoms with Crippen LogP contribution in [-0.2, 0) is 4.74 Å². The number of aromatic nitrogens is 1. The highest BCUT2D eigenvalue weighted by atomic mass is 19.1. The molecule has 1 fully saturated rings. The van der Waals surface area contributed by atoms with Gasteiger partial charge in [-0.25, -0.2) is 4.39 Å². The van der Waals surface area contributed by atoms with Gasteiger partial charge in [0.15, 0.2) is 0 Å². The topological polar surface area (TPSA) is 83.6 Å². The SMILES string of the molecule is O=C(NCCN1CCOCC1)c1ccnc(C(=O)Nc2ccccc2F)c1. The molecule has 0 unspecified atom stereocenters. The van der Waals surface area contributed by atoms with E-state index in [4.69, 9.17) is 4.74 Å². The van der Waals surface area contributed by atoms with E-state index in [1.54, 1.807) is 6.07 Å². The predicted octanol–water partition coefficient (Wildman–Crippen LogP) is 1.53. The monoisotopic (exact) mass is 372 g/mol. The van der Waals surface area contributed by atoms with Crippen LogP contribution in [0.4, 0.5) is 10.1 Å². The number of amides is 2. The van der Waals surface area contributed by atoms with Crippen LogP contribution < -0.4 is 10.6 Å². The lowest BCUT2D eigenvalue weighted by molar-refractivity contribution is 0.0383. The van der Waals surface area contributed by atoms with Crippen LogP contribution in [0.1, 0.15) is 20.8 Å². The molecule has 0 atom stereocenters. The second-order valence-corrected chi connectivity index (χ2v) is 6.07. The number of pyridine rings is 1. The summed E-state index contributed by atoms with van der Waals surface area (Å²) < 4.78 is 18.9. The van der Waals surface area contributed by atoms with Crippen LogP contribution >= 0.6 is 0 Å². The van der Waals surface area contributed by atoms with Crippen LogP contribution in [-0.4, -0.2) is 61.1 Å². The highest BCUT2D eigenvalue weighted by Crippen LogP contribution is 2.14. The van der Waals surface area contributed by atoms with Crippen molar-refractivity contribution in [1.29, 1.82) is 0 Å². The van der Waals surface area contributed by atoms with E-state index in [2.05, 4.69) is 20.5 Å². The summed E-state index contributed by atoms with van der Waals surface area (Å²) in [6, 6.07) is 8.77. The van der Waals surface area contributed by atoms with Crippen molar-refractivity contribution in [2.24, 2.45) is 0 Å². The summed E-state index contributed by atoms with van der Waals surface area (Å²) in [5.74, 6) is -1.41. The fraction of sp³-hybridized carbons (Fsp3) is 0.316. The molecule has 0 saturated carbocycles. The van der Waals surface area contributed by atoms with Gasteiger partial charge >= 0.3 is 0 Å². The van der Waals surface area contributed by atoms with Gasteiger partial charge < -0.3 is 15.4 Å². The average molecular weight is 372 g/mol. The van der Waals surface area contributed by atoms with E-state index >= 15 is 0 Å². The molecule has 8 heteroatoms. The quantitative estimate of drug-likeness (QED) is 0.804. The molecule has 1 aliphatic heterocycles. The number of carbonyl (C=O) groups excluding carboxylic acids is 2. The lowest BCUT2D eigenvalue weighted by Crippen LogP contribution is -2.41. The fourth-order valence-corrected chi connectivity index (χ4v) is 2.70. The number of hydrogen-bond acceptors (Lipinski definition) is 5. The van der Waals surface area contributed by atoms with Crippen molar-refractivity contribution in [2.45, 2.75) is 0 Å². The van der Waals surface area contributed by atoms with Crippen molar-refractivity contribution < 1.29 is 18.7 Å². The maximum absolute atomic E-state index is 13.7. The largest absolute Gasteiger partial charge is 0.379 e. The molecule has 1 aromatic heterocycles. The van der Waals surface area contributed by atoms with Crippen LogP contribution in [0.2, 0.25) is 0 Å². The first-order chi connectivity index (χ1) is 13.1. The predicted molar refractivity (Wildman–Crippen MR) is 98.2 cm³/mol. The van der Waals surface area contributed by atoms with E-state index in [1.807, 2.05) is 0 Å². The van der Waals surface area contributed by atoms with Crippen LogP contribution in [0.3, 0.4) is 0 Å². The summed E-state index contributed by atoms with van der Waals surface area (Å²) in [6.07, 6.45) is 1.38. The fourth-order valence-electron chi connectivity index (χ4n) is 2.70. The molecule has 1 aliphatic rings. The molecule has 0 spiro atoms. The Hall–Kier alpha value is -2.84. The van der Waals surface area contributed by atoms with Crippen molar-refractivity contribution in [3.8, 4) is 0 Å². The molecule has 7 nitrogen and oxygen atoms in total.